The second-order valence-corrected chi connectivity index (χ2v) is 5.19. The van der Waals surface area contributed by atoms with Crippen LogP contribution in [0.4, 0.5) is 0 Å². The number of aromatic nitrogens is 2. The van der Waals surface area contributed by atoms with Gasteiger partial charge in [-0.05, 0) is 17.2 Å². The first-order valence-corrected chi connectivity index (χ1v) is 7.24. The van der Waals surface area contributed by atoms with Crippen molar-refractivity contribution in [1.82, 2.24) is 9.55 Å². The van der Waals surface area contributed by atoms with E-state index in [1.165, 1.54) is 23.9 Å². The third-order valence-electron chi connectivity index (χ3n) is 2.87. The molecular weight excluding hydrogens is 336 g/mol. The van der Waals surface area contributed by atoms with Crippen LogP contribution in [0.1, 0.15) is 11.1 Å². The van der Waals surface area contributed by atoms with E-state index in [9.17, 15) is 14.4 Å². The number of methoxy groups -OCH3 is 1. The van der Waals surface area contributed by atoms with Crippen LogP contribution < -0.4 is 5.56 Å². The van der Waals surface area contributed by atoms with E-state index < -0.39 is 5.97 Å². The lowest BCUT2D eigenvalue weighted by Gasteiger charge is -2.01. The van der Waals surface area contributed by atoms with Crippen LogP contribution >= 0.6 is 11.6 Å². The molecule has 0 aliphatic carbocycles. The number of carboxylic acid groups (broad SMARTS) is 1. The molecule has 0 bridgehead atoms. The minimum Gasteiger partial charge on any atom is -0.481 e. The molecule has 2 heterocycles. The SMILES string of the molecule is COC(=O)Cc1ccc(=O)n(C)c1.O=C(O)Cc1ccc(Cl)nc1. The van der Waals surface area contributed by atoms with E-state index in [-0.39, 0.29) is 24.4 Å². The number of carbonyl (C=O) groups is 2. The predicted molar refractivity (Wildman–Crippen MR) is 88.0 cm³/mol. The number of aliphatic carboxylic acids is 1. The fourth-order valence-corrected chi connectivity index (χ4v) is 1.79. The number of rotatable bonds is 4. The Labute approximate surface area is 143 Å². The van der Waals surface area contributed by atoms with Crippen LogP contribution in [0.5, 0.6) is 0 Å². The maximum Gasteiger partial charge on any atom is 0.310 e. The van der Waals surface area contributed by atoms with Gasteiger partial charge in [0.05, 0.1) is 20.0 Å². The zero-order chi connectivity index (χ0) is 18.1. The quantitative estimate of drug-likeness (QED) is 0.660. The summed E-state index contributed by atoms with van der Waals surface area (Å²) in [7, 11) is 2.98. The van der Waals surface area contributed by atoms with Gasteiger partial charge in [-0.3, -0.25) is 14.4 Å². The predicted octanol–water partition coefficient (Wildman–Crippen LogP) is 1.46. The minimum atomic E-state index is -0.867. The molecular formula is C16H17ClN2O5. The molecule has 2 rings (SSSR count). The van der Waals surface area contributed by atoms with Gasteiger partial charge in [0.1, 0.15) is 5.15 Å². The molecule has 24 heavy (non-hydrogen) atoms. The Morgan fingerprint density at radius 3 is 2.38 bits per heavy atom. The average molecular weight is 353 g/mol. The molecule has 0 saturated heterocycles. The van der Waals surface area contributed by atoms with Crippen LogP contribution in [-0.4, -0.2) is 33.7 Å². The van der Waals surface area contributed by atoms with Crippen LogP contribution in [0.25, 0.3) is 0 Å². The van der Waals surface area contributed by atoms with Gasteiger partial charge in [-0.2, -0.15) is 0 Å². The highest BCUT2D eigenvalue weighted by molar-refractivity contribution is 6.29. The Morgan fingerprint density at radius 1 is 1.21 bits per heavy atom. The summed E-state index contributed by atoms with van der Waals surface area (Å²) in [6.45, 7) is 0. The number of pyridine rings is 2. The molecule has 0 atom stereocenters. The highest BCUT2D eigenvalue weighted by Crippen LogP contribution is 2.05. The lowest BCUT2D eigenvalue weighted by molar-refractivity contribution is -0.140. The summed E-state index contributed by atoms with van der Waals surface area (Å²) in [6, 6.07) is 6.26. The average Bonchev–Trinajstić information content (AvgIpc) is 2.53. The topological polar surface area (TPSA) is 98.5 Å². The Balaban J connectivity index is 0.000000243. The maximum absolute atomic E-state index is 11.0. The molecule has 0 aromatic carbocycles. The van der Waals surface area contributed by atoms with Gasteiger partial charge in [0.25, 0.3) is 0 Å². The number of halogens is 1. The van der Waals surface area contributed by atoms with Crippen molar-refractivity contribution in [2.45, 2.75) is 12.8 Å². The number of nitrogens with zero attached hydrogens (tertiary/aromatic N) is 2. The summed E-state index contributed by atoms with van der Waals surface area (Å²) in [5, 5.41) is 8.75. The van der Waals surface area contributed by atoms with Crippen LogP contribution in [0.3, 0.4) is 0 Å². The van der Waals surface area contributed by atoms with Crippen LogP contribution in [0.2, 0.25) is 5.15 Å². The first kappa shape index (κ1) is 19.4. The van der Waals surface area contributed by atoms with E-state index in [0.29, 0.717) is 10.7 Å². The van der Waals surface area contributed by atoms with Gasteiger partial charge < -0.3 is 14.4 Å². The smallest absolute Gasteiger partial charge is 0.310 e. The van der Waals surface area contributed by atoms with Crippen molar-refractivity contribution < 1.29 is 19.4 Å². The van der Waals surface area contributed by atoms with Gasteiger partial charge in [-0.15, -0.1) is 0 Å². The molecule has 8 heteroatoms. The molecule has 7 nitrogen and oxygen atoms in total. The minimum absolute atomic E-state index is 0.00975. The van der Waals surface area contributed by atoms with Crippen molar-refractivity contribution in [3.63, 3.8) is 0 Å². The van der Waals surface area contributed by atoms with E-state index in [0.717, 1.165) is 5.56 Å². The summed E-state index contributed by atoms with van der Waals surface area (Å²) < 4.78 is 5.93. The van der Waals surface area contributed by atoms with Gasteiger partial charge in [-0.25, -0.2) is 4.98 Å². The highest BCUT2D eigenvalue weighted by Gasteiger charge is 2.03. The van der Waals surface area contributed by atoms with Gasteiger partial charge in [0.2, 0.25) is 5.56 Å². The maximum atomic E-state index is 11.0. The van der Waals surface area contributed by atoms with Crippen LogP contribution in [0, 0.1) is 0 Å². The van der Waals surface area contributed by atoms with Crippen molar-refractivity contribution in [3.05, 3.63) is 63.3 Å². The van der Waals surface area contributed by atoms with Crippen molar-refractivity contribution >= 4 is 23.5 Å². The molecule has 0 spiro atoms. The number of aryl methyl sites for hydroxylation is 1. The molecule has 0 fully saturated rings. The normalized spacial score (nSPS) is 9.62. The van der Waals surface area contributed by atoms with Crippen molar-refractivity contribution in [3.8, 4) is 0 Å². The fourth-order valence-electron chi connectivity index (χ4n) is 1.68. The molecule has 0 unspecified atom stereocenters. The number of hydrogen-bond acceptors (Lipinski definition) is 5. The van der Waals surface area contributed by atoms with Crippen molar-refractivity contribution in [1.29, 1.82) is 0 Å². The third kappa shape index (κ3) is 7.06. The van der Waals surface area contributed by atoms with E-state index in [2.05, 4.69) is 9.72 Å². The van der Waals surface area contributed by atoms with E-state index in [1.54, 1.807) is 31.4 Å². The molecule has 2 aromatic heterocycles. The lowest BCUT2D eigenvalue weighted by Crippen LogP contribution is -2.16. The standard InChI is InChI=1S/C9H11NO3.C7H6ClNO2/c1-10-6-7(3-4-8(10)11)5-9(12)13-2;8-6-2-1-5(4-9-6)3-7(10)11/h3-4,6H,5H2,1-2H3;1-2,4H,3H2,(H,10,11). The van der Waals surface area contributed by atoms with Gasteiger partial charge in [-0.1, -0.05) is 23.7 Å². The second-order valence-electron chi connectivity index (χ2n) is 4.80. The number of carboxylic acids is 1. The summed E-state index contributed by atoms with van der Waals surface area (Å²) in [4.78, 5) is 35.8. The molecule has 0 saturated carbocycles. The molecule has 128 valence electrons. The Morgan fingerprint density at radius 2 is 1.88 bits per heavy atom. The summed E-state index contributed by atoms with van der Waals surface area (Å²) in [6.07, 6.45) is 3.27. The zero-order valence-electron chi connectivity index (χ0n) is 13.2. The Kier molecular flexibility index (Phi) is 7.64. The molecule has 0 amide bonds. The molecule has 2 aromatic rings. The summed E-state index contributed by atoms with van der Waals surface area (Å²) in [5.74, 6) is -1.17. The first-order chi connectivity index (χ1) is 11.3. The fraction of sp³-hybridized carbons (Fsp3) is 0.250. The monoisotopic (exact) mass is 352 g/mol. The molecule has 0 aliphatic rings. The molecule has 1 N–H and O–H groups in total. The van der Waals surface area contributed by atoms with Gasteiger partial charge in [0.15, 0.2) is 0 Å². The number of ether oxygens (including phenoxy) is 1. The molecule has 0 aliphatic heterocycles. The third-order valence-corrected chi connectivity index (χ3v) is 3.09. The van der Waals surface area contributed by atoms with E-state index in [4.69, 9.17) is 16.7 Å². The number of hydrogen-bond donors (Lipinski definition) is 1. The first-order valence-electron chi connectivity index (χ1n) is 6.86. The van der Waals surface area contributed by atoms with Crippen LogP contribution in [0.15, 0.2) is 41.5 Å². The van der Waals surface area contributed by atoms with Crippen LogP contribution in [-0.2, 0) is 34.2 Å². The zero-order valence-corrected chi connectivity index (χ0v) is 14.0. The lowest BCUT2D eigenvalue weighted by atomic mass is 10.2. The number of esters is 1. The van der Waals surface area contributed by atoms with Crippen molar-refractivity contribution in [2.75, 3.05) is 7.11 Å². The number of carbonyl (C=O) groups excluding carboxylic acids is 1. The summed E-state index contributed by atoms with van der Waals surface area (Å²) in [5.41, 5.74) is 1.34. The molecule has 0 radical (unpaired) electrons. The van der Waals surface area contributed by atoms with Gasteiger partial charge in [0, 0.05) is 25.5 Å². The van der Waals surface area contributed by atoms with E-state index in [1.807, 2.05) is 0 Å². The Hall–Kier alpha value is -2.67. The largest absolute Gasteiger partial charge is 0.481 e. The highest BCUT2D eigenvalue weighted by atomic mass is 35.5. The summed E-state index contributed by atoms with van der Waals surface area (Å²) >= 11 is 5.49. The van der Waals surface area contributed by atoms with Crippen molar-refractivity contribution in [2.24, 2.45) is 7.05 Å². The second kappa shape index (κ2) is 9.46. The van der Waals surface area contributed by atoms with E-state index >= 15 is 0 Å². The van der Waals surface area contributed by atoms with Gasteiger partial charge >= 0.3 is 11.9 Å². The Bertz CT molecular complexity index is 756.